The molecular formula is C26H41F3N2O5Si. The molecule has 0 unspecified atom stereocenters. The van der Waals surface area contributed by atoms with E-state index >= 15 is 0 Å². The number of hydrogen-bond donors (Lipinski definition) is 0. The molecule has 1 heterocycles. The van der Waals surface area contributed by atoms with Gasteiger partial charge in [-0.3, -0.25) is 9.69 Å². The molecule has 210 valence electrons. The van der Waals surface area contributed by atoms with E-state index in [1.54, 1.807) is 45.0 Å². The lowest BCUT2D eigenvalue weighted by atomic mass is 10.0. The fourth-order valence-corrected chi connectivity index (χ4v) is 7.62. The third-order valence-corrected chi connectivity index (χ3v) is 12.0. The van der Waals surface area contributed by atoms with Crippen molar-refractivity contribution in [3.05, 3.63) is 29.8 Å². The molecule has 0 aromatic heterocycles. The normalized spacial score (nSPS) is 20.3. The summed E-state index contributed by atoms with van der Waals surface area (Å²) in [6, 6.07) is 6.97. The highest BCUT2D eigenvalue weighted by atomic mass is 28.4. The second-order valence-electron chi connectivity index (χ2n) is 9.89. The topological polar surface area (TPSA) is 68.3 Å². The standard InChI is InChI=1S/C26H41F3N2O5Si/c1-8-37(9-2,10-3)35-17-23-22(15-19(6)31(23)25(33)36-18(4)5)30(24(32)26(27,28)29)16-20-11-13-21(34-7)14-12-20/h11-14,18-19,22-23H,8-10,15-17H2,1-7H3/t19-,22+,23+/m1/s1. The molecule has 1 aliphatic heterocycles. The van der Waals surface area contributed by atoms with Crippen LogP contribution >= 0.6 is 0 Å². The molecule has 37 heavy (non-hydrogen) atoms. The summed E-state index contributed by atoms with van der Waals surface area (Å²) in [6.07, 6.45) is -5.90. The number of carbonyl (C=O) groups is 2. The van der Waals surface area contributed by atoms with E-state index in [2.05, 4.69) is 20.8 Å². The van der Waals surface area contributed by atoms with Crippen molar-refractivity contribution in [2.24, 2.45) is 0 Å². The second kappa shape index (κ2) is 13.0. The smallest absolute Gasteiger partial charge is 0.471 e. The Kier molecular flexibility index (Phi) is 10.9. The number of likely N-dealkylation sites (tertiary alicyclic amines) is 1. The van der Waals surface area contributed by atoms with Crippen LogP contribution in [0.1, 0.15) is 53.5 Å². The fraction of sp³-hybridized carbons (Fsp3) is 0.692. The Morgan fingerprint density at radius 1 is 1.11 bits per heavy atom. The molecule has 11 heteroatoms. The van der Waals surface area contributed by atoms with Crippen molar-refractivity contribution in [3.8, 4) is 5.75 Å². The van der Waals surface area contributed by atoms with E-state index in [0.29, 0.717) is 11.3 Å². The molecule has 1 aromatic carbocycles. The van der Waals surface area contributed by atoms with Gasteiger partial charge in [-0.05, 0) is 63.0 Å². The molecule has 1 aromatic rings. The summed E-state index contributed by atoms with van der Waals surface area (Å²) in [5, 5.41) is 0. The maximum atomic E-state index is 13.8. The van der Waals surface area contributed by atoms with Crippen LogP contribution in [-0.2, 0) is 20.5 Å². The average Bonchev–Trinajstić information content (AvgIpc) is 3.18. The molecule has 0 aliphatic carbocycles. The van der Waals surface area contributed by atoms with Crippen LogP contribution in [-0.4, -0.2) is 74.2 Å². The Hall–Kier alpha value is -2.27. The molecule has 0 N–H and O–H groups in total. The van der Waals surface area contributed by atoms with E-state index in [1.807, 2.05) is 0 Å². The molecule has 0 bridgehead atoms. The second-order valence-corrected chi connectivity index (χ2v) is 14.7. The van der Waals surface area contributed by atoms with Gasteiger partial charge in [0.15, 0.2) is 8.32 Å². The Labute approximate surface area is 219 Å². The van der Waals surface area contributed by atoms with Crippen molar-refractivity contribution in [1.82, 2.24) is 9.80 Å². The highest BCUT2D eigenvalue weighted by Crippen LogP contribution is 2.35. The number of benzene rings is 1. The number of nitrogens with zero attached hydrogens (tertiary/aromatic N) is 2. The lowest BCUT2D eigenvalue weighted by Gasteiger charge is -2.38. The van der Waals surface area contributed by atoms with Gasteiger partial charge in [-0.1, -0.05) is 32.9 Å². The van der Waals surface area contributed by atoms with Gasteiger partial charge in [-0.2, -0.15) is 13.2 Å². The van der Waals surface area contributed by atoms with Gasteiger partial charge in [-0.15, -0.1) is 0 Å². The van der Waals surface area contributed by atoms with Gasteiger partial charge in [0.2, 0.25) is 0 Å². The summed E-state index contributed by atoms with van der Waals surface area (Å²) in [5.41, 5.74) is 0.522. The highest BCUT2D eigenvalue weighted by Gasteiger charge is 2.52. The predicted molar refractivity (Wildman–Crippen MR) is 138 cm³/mol. The van der Waals surface area contributed by atoms with Gasteiger partial charge in [0.25, 0.3) is 0 Å². The van der Waals surface area contributed by atoms with Crippen LogP contribution < -0.4 is 4.74 Å². The van der Waals surface area contributed by atoms with Crippen LogP contribution in [0.2, 0.25) is 18.1 Å². The molecule has 3 atom stereocenters. The van der Waals surface area contributed by atoms with E-state index < -0.39 is 50.7 Å². The van der Waals surface area contributed by atoms with Gasteiger partial charge in [0, 0.05) is 12.6 Å². The number of ether oxygens (including phenoxy) is 2. The summed E-state index contributed by atoms with van der Waals surface area (Å²) in [6.45, 7) is 11.2. The number of carbonyl (C=O) groups excluding carboxylic acids is 2. The van der Waals surface area contributed by atoms with Crippen LogP contribution in [0.4, 0.5) is 18.0 Å². The first-order valence-corrected chi connectivity index (χ1v) is 15.5. The molecule has 7 nitrogen and oxygen atoms in total. The van der Waals surface area contributed by atoms with Crippen molar-refractivity contribution >= 4 is 20.3 Å². The van der Waals surface area contributed by atoms with Gasteiger partial charge < -0.3 is 18.8 Å². The van der Waals surface area contributed by atoms with E-state index in [0.717, 1.165) is 23.0 Å². The van der Waals surface area contributed by atoms with Gasteiger partial charge in [0.1, 0.15) is 5.75 Å². The van der Waals surface area contributed by atoms with Crippen molar-refractivity contribution in [3.63, 3.8) is 0 Å². The van der Waals surface area contributed by atoms with Gasteiger partial charge in [-0.25, -0.2) is 4.79 Å². The zero-order valence-electron chi connectivity index (χ0n) is 22.9. The number of halogens is 3. The molecule has 1 fully saturated rings. The van der Waals surface area contributed by atoms with Crippen molar-refractivity contribution in [1.29, 1.82) is 0 Å². The Morgan fingerprint density at radius 2 is 1.68 bits per heavy atom. The van der Waals surface area contributed by atoms with E-state index in [-0.39, 0.29) is 19.6 Å². The summed E-state index contributed by atoms with van der Waals surface area (Å²) in [4.78, 5) is 28.2. The summed E-state index contributed by atoms with van der Waals surface area (Å²) >= 11 is 0. The molecular weight excluding hydrogens is 505 g/mol. The maximum Gasteiger partial charge on any atom is 0.471 e. The zero-order chi connectivity index (χ0) is 28.0. The third kappa shape index (κ3) is 7.62. The first-order chi connectivity index (χ1) is 17.3. The molecule has 2 amide bonds. The number of hydrogen-bond acceptors (Lipinski definition) is 5. The summed E-state index contributed by atoms with van der Waals surface area (Å²) < 4.78 is 58.5. The Balaban J connectivity index is 2.50. The molecule has 1 saturated heterocycles. The minimum absolute atomic E-state index is 0.0498. The minimum Gasteiger partial charge on any atom is -0.497 e. The molecule has 1 aliphatic rings. The van der Waals surface area contributed by atoms with Crippen LogP contribution in [0.15, 0.2) is 24.3 Å². The number of alkyl halides is 3. The van der Waals surface area contributed by atoms with Crippen LogP contribution in [0, 0.1) is 0 Å². The monoisotopic (exact) mass is 546 g/mol. The lowest BCUT2D eigenvalue weighted by Crippen LogP contribution is -2.55. The molecule has 2 rings (SSSR count). The van der Waals surface area contributed by atoms with Crippen molar-refractivity contribution in [2.45, 2.75) is 103 Å². The predicted octanol–water partition coefficient (Wildman–Crippen LogP) is 5.98. The Bertz CT molecular complexity index is 885. The highest BCUT2D eigenvalue weighted by molar-refractivity contribution is 6.73. The molecule has 0 spiro atoms. The van der Waals surface area contributed by atoms with Crippen LogP contribution in [0.5, 0.6) is 5.75 Å². The number of rotatable bonds is 11. The van der Waals surface area contributed by atoms with Crippen molar-refractivity contribution < 1.29 is 36.7 Å². The first-order valence-electron chi connectivity index (χ1n) is 13.0. The van der Waals surface area contributed by atoms with Crippen LogP contribution in [0.25, 0.3) is 0 Å². The average molecular weight is 547 g/mol. The SMILES string of the molecule is CC[Si](CC)(CC)OC[C@H]1[C@@H](N(Cc2ccc(OC)cc2)C(=O)C(F)(F)F)C[C@@H](C)N1C(=O)OC(C)C. The maximum absolute atomic E-state index is 13.8. The van der Waals surface area contributed by atoms with E-state index in [9.17, 15) is 22.8 Å². The van der Waals surface area contributed by atoms with E-state index in [4.69, 9.17) is 13.9 Å². The number of amides is 2. The molecule has 0 radical (unpaired) electrons. The third-order valence-electron chi connectivity index (χ3n) is 7.32. The largest absolute Gasteiger partial charge is 0.497 e. The zero-order valence-corrected chi connectivity index (χ0v) is 23.9. The lowest BCUT2D eigenvalue weighted by molar-refractivity contribution is -0.189. The molecule has 0 saturated carbocycles. The minimum atomic E-state index is -5.07. The summed E-state index contributed by atoms with van der Waals surface area (Å²) in [5.74, 6) is -1.38. The van der Waals surface area contributed by atoms with Gasteiger partial charge >= 0.3 is 18.2 Å². The summed E-state index contributed by atoms with van der Waals surface area (Å²) in [7, 11) is -0.638. The van der Waals surface area contributed by atoms with E-state index in [1.165, 1.54) is 12.0 Å². The van der Waals surface area contributed by atoms with Gasteiger partial charge in [0.05, 0.1) is 31.9 Å². The van der Waals surface area contributed by atoms with Crippen molar-refractivity contribution in [2.75, 3.05) is 13.7 Å². The first kappa shape index (κ1) is 30.9. The fourth-order valence-electron chi connectivity index (χ4n) is 4.99. The Morgan fingerprint density at radius 3 is 2.14 bits per heavy atom. The van der Waals surface area contributed by atoms with Crippen LogP contribution in [0.3, 0.4) is 0 Å². The number of methoxy groups -OCH3 is 1. The quantitative estimate of drug-likeness (QED) is 0.319.